The van der Waals surface area contributed by atoms with Crippen LogP contribution in [-0.4, -0.2) is 23.2 Å². The normalized spacial score (nSPS) is 17.9. The van der Waals surface area contributed by atoms with Crippen LogP contribution in [-0.2, 0) is 4.79 Å². The van der Waals surface area contributed by atoms with Crippen molar-refractivity contribution in [3.05, 3.63) is 11.6 Å². The second kappa shape index (κ2) is 4.79. The third-order valence-electron chi connectivity index (χ3n) is 3.16. The van der Waals surface area contributed by atoms with Gasteiger partial charge in [0.1, 0.15) is 0 Å². The maximum atomic E-state index is 10.7. The maximum absolute atomic E-state index is 10.7. The second-order valence-electron chi connectivity index (χ2n) is 4.76. The smallest absolute Gasteiger partial charge is 0.331 e. The highest BCUT2D eigenvalue weighted by atomic mass is 16.4. The topological polar surface area (TPSA) is 49.3 Å². The Morgan fingerprint density at radius 3 is 2.53 bits per heavy atom. The van der Waals surface area contributed by atoms with E-state index in [2.05, 4.69) is 19.2 Å². The quantitative estimate of drug-likeness (QED) is 0.662. The molecule has 0 aromatic heterocycles. The average molecular weight is 211 g/mol. The maximum Gasteiger partial charge on any atom is 0.331 e. The molecule has 1 fully saturated rings. The van der Waals surface area contributed by atoms with Crippen molar-refractivity contribution < 1.29 is 9.90 Å². The summed E-state index contributed by atoms with van der Waals surface area (Å²) in [6, 6.07) is 0. The van der Waals surface area contributed by atoms with Crippen molar-refractivity contribution in [3.63, 3.8) is 0 Å². The molecule has 3 nitrogen and oxygen atoms in total. The molecule has 2 N–H and O–H groups in total. The summed E-state index contributed by atoms with van der Waals surface area (Å²) in [5.41, 5.74) is 0.641. The third-order valence-corrected chi connectivity index (χ3v) is 3.16. The first-order valence-corrected chi connectivity index (χ1v) is 5.64. The van der Waals surface area contributed by atoms with Crippen LogP contribution in [0, 0.1) is 5.92 Å². The Labute approximate surface area is 91.6 Å². The van der Waals surface area contributed by atoms with E-state index in [1.807, 2.05) is 6.92 Å². The van der Waals surface area contributed by atoms with Crippen molar-refractivity contribution in [1.82, 2.24) is 5.32 Å². The average Bonchev–Trinajstić information content (AvgIpc) is 2.94. The van der Waals surface area contributed by atoms with Gasteiger partial charge in [-0.1, -0.05) is 13.0 Å². The number of carboxylic acid groups (broad SMARTS) is 1. The SMILES string of the molecule is CCC(=CCNC(C)(C)C1CC1)C(=O)O. The number of hydrogen-bond acceptors (Lipinski definition) is 2. The van der Waals surface area contributed by atoms with Gasteiger partial charge in [-0.15, -0.1) is 0 Å². The lowest BCUT2D eigenvalue weighted by molar-refractivity contribution is -0.132. The number of nitrogens with one attached hydrogen (secondary N) is 1. The van der Waals surface area contributed by atoms with Gasteiger partial charge in [0.2, 0.25) is 0 Å². The van der Waals surface area contributed by atoms with Crippen LogP contribution in [0.5, 0.6) is 0 Å². The van der Waals surface area contributed by atoms with Gasteiger partial charge in [0.15, 0.2) is 0 Å². The number of rotatable bonds is 6. The van der Waals surface area contributed by atoms with E-state index in [1.165, 1.54) is 12.8 Å². The zero-order valence-electron chi connectivity index (χ0n) is 9.84. The van der Waals surface area contributed by atoms with E-state index in [4.69, 9.17) is 5.11 Å². The zero-order valence-corrected chi connectivity index (χ0v) is 9.84. The number of hydrogen-bond donors (Lipinski definition) is 2. The lowest BCUT2D eigenvalue weighted by Gasteiger charge is -2.25. The molecular weight excluding hydrogens is 190 g/mol. The van der Waals surface area contributed by atoms with E-state index in [0.29, 0.717) is 18.5 Å². The van der Waals surface area contributed by atoms with Crippen molar-refractivity contribution in [2.45, 2.75) is 45.6 Å². The van der Waals surface area contributed by atoms with Crippen LogP contribution in [0.4, 0.5) is 0 Å². The Morgan fingerprint density at radius 2 is 2.13 bits per heavy atom. The minimum Gasteiger partial charge on any atom is -0.478 e. The van der Waals surface area contributed by atoms with Gasteiger partial charge in [-0.2, -0.15) is 0 Å². The van der Waals surface area contributed by atoms with Crippen LogP contribution in [0.3, 0.4) is 0 Å². The highest BCUT2D eigenvalue weighted by molar-refractivity contribution is 5.86. The van der Waals surface area contributed by atoms with Crippen molar-refractivity contribution in [2.24, 2.45) is 5.92 Å². The molecule has 0 bridgehead atoms. The molecule has 1 aliphatic rings. The molecule has 0 unspecified atom stereocenters. The summed E-state index contributed by atoms with van der Waals surface area (Å²) in [5, 5.41) is 12.2. The Balaban J connectivity index is 2.39. The van der Waals surface area contributed by atoms with Gasteiger partial charge in [-0.05, 0) is 39.0 Å². The molecule has 86 valence electrons. The minimum atomic E-state index is -0.802. The molecule has 1 saturated carbocycles. The highest BCUT2D eigenvalue weighted by Crippen LogP contribution is 2.38. The van der Waals surface area contributed by atoms with Gasteiger partial charge < -0.3 is 10.4 Å². The summed E-state index contributed by atoms with van der Waals surface area (Å²) >= 11 is 0. The molecule has 0 aliphatic heterocycles. The van der Waals surface area contributed by atoms with Crippen LogP contribution in [0.2, 0.25) is 0 Å². The molecule has 1 aliphatic carbocycles. The van der Waals surface area contributed by atoms with Crippen molar-refractivity contribution in [3.8, 4) is 0 Å². The second-order valence-corrected chi connectivity index (χ2v) is 4.76. The fourth-order valence-electron chi connectivity index (χ4n) is 1.77. The molecule has 1 rings (SSSR count). The minimum absolute atomic E-state index is 0.147. The monoisotopic (exact) mass is 211 g/mol. The molecule has 0 aromatic carbocycles. The van der Waals surface area contributed by atoms with Crippen LogP contribution < -0.4 is 5.32 Å². The molecule has 0 spiro atoms. The van der Waals surface area contributed by atoms with Crippen molar-refractivity contribution in [1.29, 1.82) is 0 Å². The van der Waals surface area contributed by atoms with E-state index in [0.717, 1.165) is 5.92 Å². The van der Waals surface area contributed by atoms with Crippen LogP contribution >= 0.6 is 0 Å². The van der Waals surface area contributed by atoms with E-state index in [-0.39, 0.29) is 5.54 Å². The van der Waals surface area contributed by atoms with E-state index < -0.39 is 5.97 Å². The molecule has 0 radical (unpaired) electrons. The molecule has 0 saturated heterocycles. The lowest BCUT2D eigenvalue weighted by atomic mass is 9.99. The van der Waals surface area contributed by atoms with Crippen LogP contribution in [0.1, 0.15) is 40.0 Å². The largest absolute Gasteiger partial charge is 0.478 e. The van der Waals surface area contributed by atoms with E-state index in [9.17, 15) is 4.79 Å². The summed E-state index contributed by atoms with van der Waals surface area (Å²) in [6.45, 7) is 6.89. The van der Waals surface area contributed by atoms with Gasteiger partial charge in [0.25, 0.3) is 0 Å². The van der Waals surface area contributed by atoms with Crippen molar-refractivity contribution >= 4 is 5.97 Å². The highest BCUT2D eigenvalue weighted by Gasteiger charge is 2.36. The number of carbonyl (C=O) groups is 1. The Kier molecular flexibility index (Phi) is 3.91. The van der Waals surface area contributed by atoms with Crippen LogP contribution in [0.25, 0.3) is 0 Å². The molecule has 3 heteroatoms. The van der Waals surface area contributed by atoms with Gasteiger partial charge in [0.05, 0.1) is 0 Å². The fourth-order valence-corrected chi connectivity index (χ4v) is 1.77. The fraction of sp³-hybridized carbons (Fsp3) is 0.750. The Morgan fingerprint density at radius 1 is 1.53 bits per heavy atom. The first-order chi connectivity index (χ1) is 6.97. The summed E-state index contributed by atoms with van der Waals surface area (Å²) < 4.78 is 0. The van der Waals surface area contributed by atoms with E-state index in [1.54, 1.807) is 6.08 Å². The lowest BCUT2D eigenvalue weighted by Crippen LogP contribution is -2.41. The molecule has 0 aromatic rings. The number of carboxylic acids is 1. The first-order valence-electron chi connectivity index (χ1n) is 5.64. The molecule has 0 heterocycles. The van der Waals surface area contributed by atoms with E-state index >= 15 is 0 Å². The molecular formula is C12H21NO2. The Hall–Kier alpha value is -0.830. The summed E-state index contributed by atoms with van der Waals surface area (Å²) in [7, 11) is 0. The molecule has 15 heavy (non-hydrogen) atoms. The molecule has 0 atom stereocenters. The summed E-state index contributed by atoms with van der Waals surface area (Å²) in [6.07, 6.45) is 4.96. The van der Waals surface area contributed by atoms with Gasteiger partial charge in [-0.25, -0.2) is 4.79 Å². The predicted molar refractivity (Wildman–Crippen MR) is 60.8 cm³/mol. The van der Waals surface area contributed by atoms with Gasteiger partial charge in [0, 0.05) is 17.7 Å². The summed E-state index contributed by atoms with van der Waals surface area (Å²) in [4.78, 5) is 10.7. The van der Waals surface area contributed by atoms with Crippen molar-refractivity contribution in [2.75, 3.05) is 6.54 Å². The summed E-state index contributed by atoms with van der Waals surface area (Å²) in [5.74, 6) is -0.0377. The predicted octanol–water partition coefficient (Wildman–Crippen LogP) is 2.19. The Bertz CT molecular complexity index is 265. The zero-order chi connectivity index (χ0) is 11.5. The number of aliphatic carboxylic acids is 1. The van der Waals surface area contributed by atoms with Gasteiger partial charge >= 0.3 is 5.97 Å². The standard InChI is InChI=1S/C12H21NO2/c1-4-9(11(14)15)7-8-13-12(2,3)10-5-6-10/h7,10,13H,4-6,8H2,1-3H3,(H,14,15). The van der Waals surface area contributed by atoms with Crippen LogP contribution in [0.15, 0.2) is 11.6 Å². The first kappa shape index (κ1) is 12.2. The third kappa shape index (κ3) is 3.67. The molecule has 0 amide bonds. The van der Waals surface area contributed by atoms with Gasteiger partial charge in [-0.3, -0.25) is 0 Å².